The molecule has 0 N–H and O–H groups in total. The molecule has 1 aliphatic rings. The van der Waals surface area contributed by atoms with Crippen molar-refractivity contribution in [3.63, 3.8) is 0 Å². The topological polar surface area (TPSA) is 41.4 Å². The van der Waals surface area contributed by atoms with Crippen molar-refractivity contribution in [1.29, 1.82) is 0 Å². The maximum absolute atomic E-state index is 13.7. The smallest absolute Gasteiger partial charge is 0.257 e. The van der Waals surface area contributed by atoms with Gasteiger partial charge in [-0.2, -0.15) is 5.10 Å². The molecule has 0 spiro atoms. The van der Waals surface area contributed by atoms with E-state index in [1.165, 1.54) is 12.1 Å². The van der Waals surface area contributed by atoms with Gasteiger partial charge in [-0.25, -0.2) is 9.07 Å². The van der Waals surface area contributed by atoms with Crippen molar-refractivity contribution in [3.8, 4) is 5.69 Å². The Balaban J connectivity index is 1.99. The SMILES string of the molecule is CCCc1nn(-c2cccc(F)c2)c(CC)c1C(=O)N1CCN(CC)CC1. The second-order valence-electron chi connectivity index (χ2n) is 6.99. The van der Waals surface area contributed by atoms with E-state index in [-0.39, 0.29) is 11.7 Å². The molecule has 0 bridgehead atoms. The lowest BCUT2D eigenvalue weighted by atomic mass is 10.1. The summed E-state index contributed by atoms with van der Waals surface area (Å²) in [6.45, 7) is 10.6. The molecular weight excluding hydrogens is 343 g/mol. The molecule has 1 amide bonds. The molecule has 1 fully saturated rings. The highest BCUT2D eigenvalue weighted by Gasteiger charge is 2.28. The van der Waals surface area contributed by atoms with E-state index in [1.807, 2.05) is 17.9 Å². The number of hydrogen-bond donors (Lipinski definition) is 0. The van der Waals surface area contributed by atoms with Crippen LogP contribution in [-0.4, -0.2) is 58.2 Å². The third-order valence-electron chi connectivity index (χ3n) is 5.25. The first-order chi connectivity index (χ1) is 13.1. The van der Waals surface area contributed by atoms with Crippen molar-refractivity contribution in [2.45, 2.75) is 40.0 Å². The van der Waals surface area contributed by atoms with Gasteiger partial charge in [0.05, 0.1) is 22.6 Å². The first-order valence-corrected chi connectivity index (χ1v) is 9.97. The van der Waals surface area contributed by atoms with Crippen molar-refractivity contribution in [3.05, 3.63) is 47.0 Å². The average Bonchev–Trinajstić information content (AvgIpc) is 3.06. The van der Waals surface area contributed by atoms with Crippen molar-refractivity contribution in [1.82, 2.24) is 19.6 Å². The average molecular weight is 372 g/mol. The number of carbonyl (C=O) groups is 1. The molecule has 2 heterocycles. The molecule has 0 aliphatic carbocycles. The lowest BCUT2D eigenvalue weighted by Gasteiger charge is -2.34. The minimum atomic E-state index is -0.300. The van der Waals surface area contributed by atoms with Crippen LogP contribution in [0.1, 0.15) is 48.9 Å². The molecule has 0 unspecified atom stereocenters. The Morgan fingerprint density at radius 3 is 2.48 bits per heavy atom. The molecule has 0 atom stereocenters. The van der Waals surface area contributed by atoms with E-state index < -0.39 is 0 Å². The predicted octanol–water partition coefficient (Wildman–Crippen LogP) is 3.30. The van der Waals surface area contributed by atoms with Crippen molar-refractivity contribution in [2.24, 2.45) is 0 Å². The van der Waals surface area contributed by atoms with Crippen LogP contribution in [0, 0.1) is 5.82 Å². The van der Waals surface area contributed by atoms with Crippen molar-refractivity contribution in [2.75, 3.05) is 32.7 Å². The fourth-order valence-corrected chi connectivity index (χ4v) is 3.74. The maximum Gasteiger partial charge on any atom is 0.257 e. The van der Waals surface area contributed by atoms with Crippen LogP contribution in [0.3, 0.4) is 0 Å². The molecule has 0 saturated carbocycles. The number of hydrogen-bond acceptors (Lipinski definition) is 3. The summed E-state index contributed by atoms with van der Waals surface area (Å²) >= 11 is 0. The van der Waals surface area contributed by atoms with Gasteiger partial charge in [-0.1, -0.05) is 33.3 Å². The van der Waals surface area contributed by atoms with Crippen molar-refractivity contribution >= 4 is 5.91 Å². The lowest BCUT2D eigenvalue weighted by Crippen LogP contribution is -2.48. The first kappa shape index (κ1) is 19.5. The predicted molar refractivity (Wildman–Crippen MR) is 105 cm³/mol. The summed E-state index contributed by atoms with van der Waals surface area (Å²) in [4.78, 5) is 17.7. The van der Waals surface area contributed by atoms with E-state index in [0.717, 1.165) is 57.0 Å². The van der Waals surface area contributed by atoms with Crippen LogP contribution in [-0.2, 0) is 12.8 Å². The quantitative estimate of drug-likeness (QED) is 0.781. The summed E-state index contributed by atoms with van der Waals surface area (Å²) in [5.74, 6) is -0.237. The number of nitrogens with zero attached hydrogens (tertiary/aromatic N) is 4. The number of aromatic nitrogens is 2. The van der Waals surface area contributed by atoms with E-state index in [0.29, 0.717) is 17.7 Å². The second-order valence-corrected chi connectivity index (χ2v) is 6.99. The van der Waals surface area contributed by atoms with E-state index in [2.05, 4.69) is 18.7 Å². The highest BCUT2D eigenvalue weighted by atomic mass is 19.1. The van der Waals surface area contributed by atoms with Crippen LogP contribution in [0.4, 0.5) is 4.39 Å². The molecule has 146 valence electrons. The largest absolute Gasteiger partial charge is 0.336 e. The van der Waals surface area contributed by atoms with Crippen LogP contribution in [0.25, 0.3) is 5.69 Å². The number of likely N-dealkylation sites (N-methyl/N-ethyl adjacent to an activating group) is 1. The van der Waals surface area contributed by atoms with Crippen LogP contribution in [0.15, 0.2) is 24.3 Å². The number of rotatable bonds is 6. The third-order valence-corrected chi connectivity index (χ3v) is 5.25. The normalized spacial score (nSPS) is 15.3. The Bertz CT molecular complexity index is 793. The Hall–Kier alpha value is -2.21. The zero-order valence-corrected chi connectivity index (χ0v) is 16.5. The van der Waals surface area contributed by atoms with Gasteiger partial charge in [-0.05, 0) is 37.6 Å². The fraction of sp³-hybridized carbons (Fsp3) is 0.524. The Labute approximate surface area is 160 Å². The molecule has 1 saturated heterocycles. The number of piperazine rings is 1. The third kappa shape index (κ3) is 4.05. The number of benzene rings is 1. The fourth-order valence-electron chi connectivity index (χ4n) is 3.74. The molecular formula is C21H29FN4O. The zero-order valence-electron chi connectivity index (χ0n) is 16.5. The molecule has 1 aromatic carbocycles. The molecule has 1 aromatic heterocycles. The lowest BCUT2D eigenvalue weighted by molar-refractivity contribution is 0.0641. The summed E-state index contributed by atoms with van der Waals surface area (Å²) in [5, 5.41) is 4.72. The van der Waals surface area contributed by atoms with Crippen LogP contribution >= 0.6 is 0 Å². The Morgan fingerprint density at radius 1 is 1.15 bits per heavy atom. The van der Waals surface area contributed by atoms with Crippen LogP contribution < -0.4 is 0 Å². The zero-order chi connectivity index (χ0) is 19.4. The number of carbonyl (C=O) groups excluding carboxylic acids is 1. The van der Waals surface area contributed by atoms with E-state index >= 15 is 0 Å². The second kappa shape index (κ2) is 8.65. The van der Waals surface area contributed by atoms with Gasteiger partial charge < -0.3 is 9.80 Å². The van der Waals surface area contributed by atoms with Gasteiger partial charge >= 0.3 is 0 Å². The maximum atomic E-state index is 13.7. The van der Waals surface area contributed by atoms with Gasteiger partial charge in [-0.3, -0.25) is 4.79 Å². The van der Waals surface area contributed by atoms with E-state index in [4.69, 9.17) is 5.10 Å². The molecule has 5 nitrogen and oxygen atoms in total. The summed E-state index contributed by atoms with van der Waals surface area (Å²) in [5.41, 5.74) is 3.07. The molecule has 1 aliphatic heterocycles. The highest BCUT2D eigenvalue weighted by molar-refractivity contribution is 5.97. The van der Waals surface area contributed by atoms with Crippen LogP contribution in [0.5, 0.6) is 0 Å². The van der Waals surface area contributed by atoms with Gasteiger partial charge in [0.1, 0.15) is 5.82 Å². The molecule has 6 heteroatoms. The number of halogens is 1. The minimum Gasteiger partial charge on any atom is -0.336 e. The van der Waals surface area contributed by atoms with Gasteiger partial charge in [0.15, 0.2) is 0 Å². The summed E-state index contributed by atoms with van der Waals surface area (Å²) < 4.78 is 15.5. The van der Waals surface area contributed by atoms with Gasteiger partial charge in [0.2, 0.25) is 0 Å². The molecule has 0 radical (unpaired) electrons. The van der Waals surface area contributed by atoms with Crippen LogP contribution in [0.2, 0.25) is 0 Å². The summed E-state index contributed by atoms with van der Waals surface area (Å²) in [7, 11) is 0. The van der Waals surface area contributed by atoms with E-state index in [1.54, 1.807) is 10.7 Å². The number of amides is 1. The molecule has 27 heavy (non-hydrogen) atoms. The monoisotopic (exact) mass is 372 g/mol. The number of aryl methyl sites for hydroxylation is 1. The van der Waals surface area contributed by atoms with Gasteiger partial charge in [0, 0.05) is 26.2 Å². The summed E-state index contributed by atoms with van der Waals surface area (Å²) in [6, 6.07) is 6.40. The van der Waals surface area contributed by atoms with Gasteiger partial charge in [-0.15, -0.1) is 0 Å². The Morgan fingerprint density at radius 2 is 1.89 bits per heavy atom. The Kier molecular flexibility index (Phi) is 6.26. The first-order valence-electron chi connectivity index (χ1n) is 9.97. The molecule has 3 rings (SSSR count). The molecule has 2 aromatic rings. The highest BCUT2D eigenvalue weighted by Crippen LogP contribution is 2.24. The summed E-state index contributed by atoms with van der Waals surface area (Å²) in [6.07, 6.45) is 2.32. The van der Waals surface area contributed by atoms with E-state index in [9.17, 15) is 9.18 Å². The van der Waals surface area contributed by atoms with Crippen molar-refractivity contribution < 1.29 is 9.18 Å². The van der Waals surface area contributed by atoms with Gasteiger partial charge in [0.25, 0.3) is 5.91 Å². The minimum absolute atomic E-state index is 0.0636. The standard InChI is InChI=1S/C21H29FN4O/c1-4-8-18-20(21(27)25-13-11-24(6-3)12-14-25)19(5-2)26(23-18)17-10-7-9-16(22)15-17/h7,9-10,15H,4-6,8,11-14H2,1-3H3.